The molecule has 0 unspecified atom stereocenters. The zero-order valence-corrected chi connectivity index (χ0v) is 10.3. The van der Waals surface area contributed by atoms with Crippen molar-refractivity contribution in [1.29, 1.82) is 0 Å². The third-order valence-electron chi connectivity index (χ3n) is 2.92. The number of carbonyl (C=O) groups is 1. The molecule has 0 radical (unpaired) electrons. The first-order valence-corrected chi connectivity index (χ1v) is 5.90. The van der Waals surface area contributed by atoms with E-state index in [4.69, 9.17) is 0 Å². The molecular formula is C14H12N4O. The molecule has 0 aliphatic carbocycles. The van der Waals surface area contributed by atoms with Crippen molar-refractivity contribution in [3.8, 4) is 0 Å². The smallest absolute Gasteiger partial charge is 0.259 e. The highest BCUT2D eigenvalue weighted by molar-refractivity contribution is 6.31. The quantitative estimate of drug-likeness (QED) is 0.805. The van der Waals surface area contributed by atoms with Crippen LogP contribution < -0.4 is 10.6 Å². The second-order valence-electron chi connectivity index (χ2n) is 4.23. The zero-order chi connectivity index (χ0) is 13.2. The Morgan fingerprint density at radius 1 is 1.26 bits per heavy atom. The highest BCUT2D eigenvalue weighted by atomic mass is 16.2. The van der Waals surface area contributed by atoms with E-state index in [1.807, 2.05) is 37.3 Å². The van der Waals surface area contributed by atoms with Crippen LogP contribution in [0, 0.1) is 0 Å². The number of fused-ring (bicyclic) bond motifs is 1. The molecule has 0 saturated carbocycles. The summed E-state index contributed by atoms with van der Waals surface area (Å²) < 4.78 is 0. The van der Waals surface area contributed by atoms with Gasteiger partial charge in [0.2, 0.25) is 0 Å². The molecule has 5 nitrogen and oxygen atoms in total. The molecule has 2 heterocycles. The monoisotopic (exact) mass is 252 g/mol. The van der Waals surface area contributed by atoms with Crippen LogP contribution in [0.25, 0.3) is 5.57 Å². The van der Waals surface area contributed by atoms with E-state index in [-0.39, 0.29) is 5.91 Å². The van der Waals surface area contributed by atoms with Crippen LogP contribution in [0.4, 0.5) is 11.5 Å². The summed E-state index contributed by atoms with van der Waals surface area (Å²) in [6.45, 7) is 1.87. The lowest BCUT2D eigenvalue weighted by molar-refractivity contribution is -0.110. The highest BCUT2D eigenvalue weighted by Crippen LogP contribution is 2.31. The van der Waals surface area contributed by atoms with Gasteiger partial charge in [-0.1, -0.05) is 18.2 Å². The van der Waals surface area contributed by atoms with E-state index in [1.165, 1.54) is 6.33 Å². The molecule has 3 rings (SSSR count). The Morgan fingerprint density at radius 3 is 2.84 bits per heavy atom. The molecule has 1 aliphatic rings. The second-order valence-corrected chi connectivity index (χ2v) is 4.23. The fourth-order valence-electron chi connectivity index (χ4n) is 2.08. The summed E-state index contributed by atoms with van der Waals surface area (Å²) >= 11 is 0. The maximum Gasteiger partial charge on any atom is 0.259 e. The van der Waals surface area contributed by atoms with E-state index < -0.39 is 0 Å². The molecular weight excluding hydrogens is 240 g/mol. The van der Waals surface area contributed by atoms with Crippen molar-refractivity contribution in [3.63, 3.8) is 0 Å². The topological polar surface area (TPSA) is 66.9 Å². The third-order valence-corrected chi connectivity index (χ3v) is 2.92. The number of rotatable bonds is 2. The molecule has 1 aromatic heterocycles. The molecule has 2 N–H and O–H groups in total. The van der Waals surface area contributed by atoms with Gasteiger partial charge < -0.3 is 10.6 Å². The number of hydrogen-bond acceptors (Lipinski definition) is 4. The summed E-state index contributed by atoms with van der Waals surface area (Å²) in [5.41, 5.74) is 3.02. The minimum Gasteiger partial charge on any atom is -0.358 e. The molecule has 1 amide bonds. The van der Waals surface area contributed by atoms with Gasteiger partial charge in [-0.3, -0.25) is 4.79 Å². The van der Waals surface area contributed by atoms with Gasteiger partial charge in [0.15, 0.2) is 0 Å². The largest absolute Gasteiger partial charge is 0.358 e. The van der Waals surface area contributed by atoms with E-state index in [2.05, 4.69) is 20.6 Å². The van der Waals surface area contributed by atoms with Crippen LogP contribution in [-0.4, -0.2) is 15.9 Å². The average Bonchev–Trinajstić information content (AvgIpc) is 2.75. The highest BCUT2D eigenvalue weighted by Gasteiger charge is 2.27. The number of nitrogens with zero attached hydrogens (tertiary/aromatic N) is 2. The van der Waals surface area contributed by atoms with Crippen molar-refractivity contribution in [2.45, 2.75) is 6.92 Å². The fourth-order valence-corrected chi connectivity index (χ4v) is 2.08. The minimum absolute atomic E-state index is 0.156. The first-order chi connectivity index (χ1) is 9.25. The maximum absolute atomic E-state index is 12.0. The zero-order valence-electron chi connectivity index (χ0n) is 10.3. The minimum atomic E-state index is -0.156. The van der Waals surface area contributed by atoms with Crippen molar-refractivity contribution >= 4 is 23.0 Å². The third kappa shape index (κ3) is 2.06. The molecule has 94 valence electrons. The Kier molecular flexibility index (Phi) is 2.72. The predicted molar refractivity (Wildman–Crippen MR) is 73.3 cm³/mol. The van der Waals surface area contributed by atoms with E-state index >= 15 is 0 Å². The van der Waals surface area contributed by atoms with Gasteiger partial charge in [-0.2, -0.15) is 0 Å². The summed E-state index contributed by atoms with van der Waals surface area (Å²) in [4.78, 5) is 20.0. The van der Waals surface area contributed by atoms with Crippen molar-refractivity contribution in [2.75, 3.05) is 10.6 Å². The number of amides is 1. The molecule has 0 bridgehead atoms. The standard InChI is InChI=1S/C14H12N4O/c1-9(17-10-5-3-2-4-6-10)12-11-7-15-8-16-13(11)18-14(12)19/h2-8,17H,1H3,(H,15,16,18,19)/b12-9-. The van der Waals surface area contributed by atoms with Gasteiger partial charge in [-0.05, 0) is 19.1 Å². The number of hydrogen-bond donors (Lipinski definition) is 2. The fraction of sp³-hybridized carbons (Fsp3) is 0.0714. The van der Waals surface area contributed by atoms with Gasteiger partial charge in [0.05, 0.1) is 11.1 Å². The first-order valence-electron chi connectivity index (χ1n) is 5.90. The SMILES string of the molecule is C/C(Nc1ccccc1)=C1/C(=O)Nc2ncncc21. The summed E-state index contributed by atoms with van der Waals surface area (Å²) in [5.74, 6) is 0.403. The number of benzene rings is 1. The van der Waals surface area contributed by atoms with Crippen molar-refractivity contribution in [3.05, 3.63) is 54.1 Å². The van der Waals surface area contributed by atoms with Crippen molar-refractivity contribution in [2.24, 2.45) is 0 Å². The number of carbonyl (C=O) groups excluding carboxylic acids is 1. The Balaban J connectivity index is 2.00. The molecule has 5 heteroatoms. The summed E-state index contributed by atoms with van der Waals surface area (Å²) in [5, 5.41) is 5.94. The van der Waals surface area contributed by atoms with E-state index in [0.29, 0.717) is 11.4 Å². The molecule has 0 atom stereocenters. The predicted octanol–water partition coefficient (Wildman–Crippen LogP) is 2.27. The number of aromatic nitrogens is 2. The van der Waals surface area contributed by atoms with Crippen molar-refractivity contribution in [1.82, 2.24) is 9.97 Å². The van der Waals surface area contributed by atoms with Crippen molar-refractivity contribution < 1.29 is 4.79 Å². The number of anilines is 2. The Hall–Kier alpha value is -2.69. The van der Waals surface area contributed by atoms with E-state index in [1.54, 1.807) is 6.20 Å². The van der Waals surface area contributed by atoms with Crippen LogP contribution in [-0.2, 0) is 4.79 Å². The van der Waals surface area contributed by atoms with E-state index in [9.17, 15) is 4.79 Å². The van der Waals surface area contributed by atoms with Gasteiger partial charge >= 0.3 is 0 Å². The van der Waals surface area contributed by atoms with E-state index in [0.717, 1.165) is 16.9 Å². The molecule has 0 saturated heterocycles. The lowest BCUT2D eigenvalue weighted by atomic mass is 10.1. The number of allylic oxidation sites excluding steroid dienone is 1. The van der Waals surface area contributed by atoms with Crippen LogP contribution in [0.2, 0.25) is 0 Å². The normalized spacial score (nSPS) is 15.7. The number of para-hydroxylation sites is 1. The lowest BCUT2D eigenvalue weighted by Crippen LogP contribution is -2.08. The molecule has 0 spiro atoms. The number of nitrogens with one attached hydrogen (secondary N) is 2. The molecule has 0 fully saturated rings. The summed E-state index contributed by atoms with van der Waals surface area (Å²) in [7, 11) is 0. The second kappa shape index (κ2) is 4.53. The Morgan fingerprint density at radius 2 is 2.05 bits per heavy atom. The van der Waals surface area contributed by atoms with Gasteiger partial charge in [0.25, 0.3) is 5.91 Å². The van der Waals surface area contributed by atoms with Gasteiger partial charge in [-0.15, -0.1) is 0 Å². The van der Waals surface area contributed by atoms with Crippen LogP contribution in [0.15, 0.2) is 48.6 Å². The Bertz CT molecular complexity index is 664. The van der Waals surface area contributed by atoms with Gasteiger partial charge in [0, 0.05) is 17.6 Å². The maximum atomic E-state index is 12.0. The van der Waals surface area contributed by atoms with Crippen LogP contribution in [0.5, 0.6) is 0 Å². The Labute approximate surface area is 110 Å². The molecule has 19 heavy (non-hydrogen) atoms. The van der Waals surface area contributed by atoms with Gasteiger partial charge in [0.1, 0.15) is 12.1 Å². The van der Waals surface area contributed by atoms with Crippen LogP contribution in [0.3, 0.4) is 0 Å². The van der Waals surface area contributed by atoms with Crippen LogP contribution in [0.1, 0.15) is 12.5 Å². The lowest BCUT2D eigenvalue weighted by Gasteiger charge is -2.08. The summed E-state index contributed by atoms with van der Waals surface area (Å²) in [6.07, 6.45) is 3.06. The molecule has 1 aliphatic heterocycles. The van der Waals surface area contributed by atoms with Gasteiger partial charge in [-0.25, -0.2) is 9.97 Å². The molecule has 2 aromatic rings. The summed E-state index contributed by atoms with van der Waals surface area (Å²) in [6, 6.07) is 9.70. The molecule has 1 aromatic carbocycles. The van der Waals surface area contributed by atoms with Crippen LogP contribution >= 0.6 is 0 Å². The first kappa shape index (κ1) is 11.4. The average molecular weight is 252 g/mol.